The van der Waals surface area contributed by atoms with Crippen LogP contribution in [0, 0.1) is 0 Å². The topological polar surface area (TPSA) is 237 Å². The van der Waals surface area contributed by atoms with Crippen molar-refractivity contribution in [1.29, 1.82) is 0 Å². The van der Waals surface area contributed by atoms with Crippen LogP contribution < -0.4 is 0 Å². The lowest BCUT2D eigenvalue weighted by Crippen LogP contribution is -2.30. The molecular formula is C87H150O17P2. The number of ether oxygens (including phenoxy) is 4. The van der Waals surface area contributed by atoms with E-state index >= 15 is 0 Å². The maximum atomic E-state index is 13.1. The molecule has 0 aliphatic carbocycles. The summed E-state index contributed by atoms with van der Waals surface area (Å²) in [6.45, 7) is 4.65. The summed E-state index contributed by atoms with van der Waals surface area (Å²) in [6.07, 6.45) is 87.3. The van der Waals surface area contributed by atoms with Crippen LogP contribution in [-0.4, -0.2) is 96.7 Å². The molecule has 19 heteroatoms. The molecule has 0 aromatic carbocycles. The molecule has 5 unspecified atom stereocenters. The molecule has 0 radical (unpaired) electrons. The third kappa shape index (κ3) is 77.6. The summed E-state index contributed by atoms with van der Waals surface area (Å²) >= 11 is 0. The summed E-state index contributed by atoms with van der Waals surface area (Å²) in [5.41, 5.74) is 0. The molecule has 5 atom stereocenters. The Labute approximate surface area is 644 Å². The number of phosphoric acid groups is 2. The average molecular weight is 1530 g/mol. The fourth-order valence-electron chi connectivity index (χ4n) is 11.0. The smallest absolute Gasteiger partial charge is 0.462 e. The molecule has 0 aromatic heterocycles. The summed E-state index contributed by atoms with van der Waals surface area (Å²) in [5.74, 6) is -2.22. The first-order chi connectivity index (χ1) is 51.7. The third-order valence-electron chi connectivity index (χ3n) is 17.4. The van der Waals surface area contributed by atoms with Gasteiger partial charge in [0.05, 0.1) is 26.4 Å². The maximum absolute atomic E-state index is 13.1. The van der Waals surface area contributed by atoms with E-state index in [-0.39, 0.29) is 25.7 Å². The minimum Gasteiger partial charge on any atom is -0.462 e. The van der Waals surface area contributed by atoms with Crippen LogP contribution in [-0.2, 0) is 65.4 Å². The van der Waals surface area contributed by atoms with Crippen molar-refractivity contribution in [3.05, 3.63) is 122 Å². The summed E-state index contributed by atoms with van der Waals surface area (Å²) in [7, 11) is -9.98. The van der Waals surface area contributed by atoms with Gasteiger partial charge in [0.2, 0.25) is 0 Å². The van der Waals surface area contributed by atoms with E-state index in [1.807, 2.05) is 0 Å². The standard InChI is InChI=1S/C87H150O17P2/c1-5-9-13-17-21-25-29-33-36-38-40-42-45-48-51-55-59-63-67-71-84(89)97-77-82(103-86(91)73-69-65-61-57-53-47-32-28-24-20-16-12-8-4)79-101-105(93,94)99-75-81(88)76-100-106(95,96)102-80-83(104-87(92)74-70-66-62-58-54-50-44-35-31-27-23-19-15-11-7-3)78-98-85(90)72-68-64-60-56-52-49-46-43-41-39-37-34-30-26-22-18-14-10-6-2/h10,14,16,20-22,25-26,28,32-37,40-44,81-83,88H,5-9,11-13,15,17-19,23-24,27,29-31,38-39,45-80H2,1-4H3,(H,93,94)(H,95,96)/b14-10-,20-16-,25-21-,26-22-,32-28-,36-33-,37-34-,42-40-,43-41-,44-35-. The van der Waals surface area contributed by atoms with E-state index in [4.69, 9.17) is 37.0 Å². The van der Waals surface area contributed by atoms with E-state index in [0.29, 0.717) is 25.7 Å². The number of phosphoric ester groups is 2. The molecule has 3 N–H and O–H groups in total. The molecule has 0 fully saturated rings. The number of rotatable bonds is 78. The monoisotopic (exact) mass is 1530 g/mol. The Hall–Kier alpha value is -4.54. The molecule has 0 bridgehead atoms. The van der Waals surface area contributed by atoms with Crippen molar-refractivity contribution in [2.24, 2.45) is 0 Å². The molecular weight excluding hydrogens is 1380 g/mol. The quantitative estimate of drug-likeness (QED) is 0.0169. The van der Waals surface area contributed by atoms with Crippen molar-refractivity contribution < 1.29 is 80.2 Å². The first-order valence-electron chi connectivity index (χ1n) is 41.8. The second-order valence-electron chi connectivity index (χ2n) is 27.7. The largest absolute Gasteiger partial charge is 0.472 e. The number of allylic oxidation sites excluding steroid dienone is 20. The number of unbranched alkanes of at least 4 members (excludes halogenated alkanes) is 32. The molecule has 0 saturated heterocycles. The van der Waals surface area contributed by atoms with Crippen molar-refractivity contribution in [2.45, 2.75) is 367 Å². The Balaban J connectivity index is 5.37. The number of aliphatic hydroxyl groups is 1. The Morgan fingerprint density at radius 1 is 0.274 bits per heavy atom. The van der Waals surface area contributed by atoms with Crippen molar-refractivity contribution in [1.82, 2.24) is 0 Å². The molecule has 0 rings (SSSR count). The van der Waals surface area contributed by atoms with Gasteiger partial charge in [-0.25, -0.2) is 9.13 Å². The lowest BCUT2D eigenvalue weighted by Gasteiger charge is -2.21. The van der Waals surface area contributed by atoms with Gasteiger partial charge in [-0.15, -0.1) is 0 Å². The molecule has 610 valence electrons. The zero-order valence-corrected chi connectivity index (χ0v) is 68.6. The highest BCUT2D eigenvalue weighted by Crippen LogP contribution is 2.45. The van der Waals surface area contributed by atoms with Crippen LogP contribution in [0.5, 0.6) is 0 Å². The van der Waals surface area contributed by atoms with Gasteiger partial charge in [-0.3, -0.25) is 37.3 Å². The molecule has 0 saturated carbocycles. The summed E-state index contributed by atoms with van der Waals surface area (Å²) in [5, 5.41) is 10.7. The van der Waals surface area contributed by atoms with Gasteiger partial charge in [-0.2, -0.15) is 0 Å². The summed E-state index contributed by atoms with van der Waals surface area (Å²) in [4.78, 5) is 73.1. The highest BCUT2D eigenvalue weighted by Gasteiger charge is 2.30. The minimum absolute atomic E-state index is 0.0740. The second kappa shape index (κ2) is 78.6. The molecule has 17 nitrogen and oxygen atoms in total. The Morgan fingerprint density at radius 2 is 0.509 bits per heavy atom. The predicted octanol–water partition coefficient (Wildman–Crippen LogP) is 24.7. The van der Waals surface area contributed by atoms with E-state index in [0.717, 1.165) is 212 Å². The van der Waals surface area contributed by atoms with Crippen molar-refractivity contribution >= 4 is 39.5 Å². The van der Waals surface area contributed by atoms with E-state index in [9.17, 15) is 43.2 Å². The van der Waals surface area contributed by atoms with Gasteiger partial charge in [0, 0.05) is 25.7 Å². The van der Waals surface area contributed by atoms with Gasteiger partial charge >= 0.3 is 39.5 Å². The van der Waals surface area contributed by atoms with Gasteiger partial charge in [0.15, 0.2) is 12.2 Å². The number of aliphatic hydroxyl groups excluding tert-OH is 1. The molecule has 106 heavy (non-hydrogen) atoms. The zero-order chi connectivity index (χ0) is 77.4. The van der Waals surface area contributed by atoms with E-state index in [1.165, 1.54) is 57.8 Å². The Morgan fingerprint density at radius 3 is 0.821 bits per heavy atom. The minimum atomic E-state index is -4.99. The third-order valence-corrected chi connectivity index (χ3v) is 19.3. The first-order valence-corrected chi connectivity index (χ1v) is 44.8. The molecule has 0 aliphatic heterocycles. The zero-order valence-electron chi connectivity index (χ0n) is 66.8. The van der Waals surface area contributed by atoms with Crippen molar-refractivity contribution in [2.75, 3.05) is 39.6 Å². The second-order valence-corrected chi connectivity index (χ2v) is 30.6. The van der Waals surface area contributed by atoms with Crippen molar-refractivity contribution in [3.8, 4) is 0 Å². The Kier molecular flexibility index (Phi) is 75.2. The fourth-order valence-corrected chi connectivity index (χ4v) is 12.6. The number of esters is 4. The first kappa shape index (κ1) is 101. The number of hydrogen-bond acceptors (Lipinski definition) is 15. The van der Waals surface area contributed by atoms with Crippen LogP contribution in [0.15, 0.2) is 122 Å². The van der Waals surface area contributed by atoms with Gasteiger partial charge in [-0.05, 0) is 154 Å². The van der Waals surface area contributed by atoms with Crippen molar-refractivity contribution in [3.63, 3.8) is 0 Å². The van der Waals surface area contributed by atoms with Gasteiger partial charge < -0.3 is 33.8 Å². The molecule has 0 aromatic rings. The van der Waals surface area contributed by atoms with Crippen LogP contribution in [0.25, 0.3) is 0 Å². The molecule has 0 aliphatic rings. The maximum Gasteiger partial charge on any atom is 0.472 e. The van der Waals surface area contributed by atoms with Crippen LogP contribution in [0.2, 0.25) is 0 Å². The average Bonchev–Trinajstić information content (AvgIpc) is 0.933. The predicted molar refractivity (Wildman–Crippen MR) is 436 cm³/mol. The fraction of sp³-hybridized carbons (Fsp3) is 0.724. The number of carbonyl (C=O) groups excluding carboxylic acids is 4. The normalized spacial score (nSPS) is 14.4. The van der Waals surface area contributed by atoms with E-state index in [2.05, 4.69) is 149 Å². The highest BCUT2D eigenvalue weighted by atomic mass is 31.2. The van der Waals surface area contributed by atoms with Gasteiger partial charge in [-0.1, -0.05) is 290 Å². The molecule has 0 heterocycles. The summed E-state index contributed by atoms with van der Waals surface area (Å²) < 4.78 is 68.7. The lowest BCUT2D eigenvalue weighted by atomic mass is 10.1. The number of hydrogen-bond donors (Lipinski definition) is 3. The van der Waals surface area contributed by atoms with E-state index < -0.39 is 97.5 Å². The molecule has 0 amide bonds. The van der Waals surface area contributed by atoms with Crippen LogP contribution in [0.1, 0.15) is 349 Å². The van der Waals surface area contributed by atoms with E-state index in [1.54, 1.807) is 0 Å². The summed E-state index contributed by atoms with van der Waals surface area (Å²) in [6, 6.07) is 0. The van der Waals surface area contributed by atoms with Gasteiger partial charge in [0.1, 0.15) is 19.3 Å². The van der Waals surface area contributed by atoms with Crippen LogP contribution in [0.3, 0.4) is 0 Å². The van der Waals surface area contributed by atoms with Crippen LogP contribution >= 0.6 is 15.6 Å². The SMILES string of the molecule is CC/C=C\C/C=C\C/C=C\C/C=C\CCCCCCCCC(=O)OCC(COP(=O)(O)OCC(O)COP(=O)(O)OCC(COC(=O)CCCCCCCC/C=C\C/C=C\C/C=C\CCCCC)OC(=O)CCCCCCC/C=C\C/C=C\CCC)OC(=O)CCCCCCC/C=C\CCCCCCCC. The van der Waals surface area contributed by atoms with Gasteiger partial charge in [0.25, 0.3) is 0 Å². The highest BCUT2D eigenvalue weighted by molar-refractivity contribution is 7.47. The van der Waals surface area contributed by atoms with Crippen LogP contribution in [0.4, 0.5) is 0 Å². The molecule has 0 spiro atoms. The Bertz CT molecular complexity index is 2480. The number of carbonyl (C=O) groups is 4. The lowest BCUT2D eigenvalue weighted by molar-refractivity contribution is -0.161.